The number of phenolic OH excluding ortho intramolecular Hbond substituents is 1. The van der Waals surface area contributed by atoms with E-state index in [0.717, 1.165) is 31.7 Å². The van der Waals surface area contributed by atoms with Crippen LogP contribution < -0.4 is 5.32 Å². The zero-order valence-electron chi connectivity index (χ0n) is 10.9. The largest absolute Gasteiger partial charge is 0.506 e. The third-order valence-corrected chi connectivity index (χ3v) is 3.89. The van der Waals surface area contributed by atoms with Gasteiger partial charge in [-0.1, -0.05) is 12.1 Å². The summed E-state index contributed by atoms with van der Waals surface area (Å²) in [6.45, 7) is 3.66. The van der Waals surface area contributed by atoms with Gasteiger partial charge >= 0.3 is 0 Å². The highest BCUT2D eigenvalue weighted by Gasteiger charge is 2.24. The number of nitrogens with one attached hydrogen (secondary N) is 1. The van der Waals surface area contributed by atoms with Crippen molar-refractivity contribution in [2.45, 2.75) is 12.5 Å². The van der Waals surface area contributed by atoms with Gasteiger partial charge in [-0.3, -0.25) is 4.90 Å². The third kappa shape index (κ3) is 4.51. The fourth-order valence-corrected chi connectivity index (χ4v) is 2.70. The van der Waals surface area contributed by atoms with Gasteiger partial charge in [-0.05, 0) is 22.0 Å². The molecule has 1 saturated heterocycles. The minimum atomic E-state index is -0.0328. The molecule has 1 aromatic carbocycles. The first-order valence-electron chi connectivity index (χ1n) is 6.03. The van der Waals surface area contributed by atoms with Gasteiger partial charge in [-0.15, -0.1) is 24.8 Å². The molecule has 1 aromatic rings. The zero-order valence-corrected chi connectivity index (χ0v) is 14.1. The number of aromatic hydroxyl groups is 1. The first-order valence-corrected chi connectivity index (χ1v) is 6.82. The van der Waals surface area contributed by atoms with Gasteiger partial charge in [0.2, 0.25) is 0 Å². The number of piperazine rings is 1. The maximum absolute atomic E-state index is 10.1. The molecule has 0 unspecified atom stereocenters. The zero-order chi connectivity index (χ0) is 13.0. The van der Waals surface area contributed by atoms with Gasteiger partial charge in [0.15, 0.2) is 0 Å². The Morgan fingerprint density at radius 2 is 2.00 bits per heavy atom. The molecule has 1 fully saturated rings. The van der Waals surface area contributed by atoms with Crippen LogP contribution in [0.15, 0.2) is 22.7 Å². The van der Waals surface area contributed by atoms with Gasteiger partial charge in [0.05, 0.1) is 23.0 Å². The van der Waals surface area contributed by atoms with Gasteiger partial charge in [0, 0.05) is 31.7 Å². The lowest BCUT2D eigenvalue weighted by Crippen LogP contribution is -2.45. The first-order chi connectivity index (χ1) is 8.74. The Kier molecular flexibility index (Phi) is 9.19. The van der Waals surface area contributed by atoms with E-state index in [1.54, 1.807) is 6.07 Å². The molecule has 1 aliphatic heterocycles. The molecule has 1 heterocycles. The Labute approximate surface area is 140 Å². The van der Waals surface area contributed by atoms with Crippen molar-refractivity contribution in [2.24, 2.45) is 0 Å². The van der Waals surface area contributed by atoms with E-state index in [-0.39, 0.29) is 36.6 Å². The predicted molar refractivity (Wildman–Crippen MR) is 87.7 cm³/mol. The fraction of sp³-hybridized carbons (Fsp3) is 0.462. The third-order valence-electron chi connectivity index (χ3n) is 3.25. The second-order valence-electron chi connectivity index (χ2n) is 4.34. The quantitative estimate of drug-likeness (QED) is 0.843. The van der Waals surface area contributed by atoms with Crippen LogP contribution >= 0.6 is 40.7 Å². The van der Waals surface area contributed by atoms with Crippen LogP contribution in [0.3, 0.4) is 0 Å². The molecule has 0 radical (unpaired) electrons. The number of benzene rings is 1. The summed E-state index contributed by atoms with van der Waals surface area (Å²) in [6, 6.07) is 7.78. The molecule has 20 heavy (non-hydrogen) atoms. The van der Waals surface area contributed by atoms with E-state index in [2.05, 4.69) is 32.2 Å². The Bertz CT molecular complexity index is 461. The average Bonchev–Trinajstić information content (AvgIpc) is 2.41. The molecule has 0 amide bonds. The molecule has 1 atom stereocenters. The minimum Gasteiger partial charge on any atom is -0.506 e. The molecule has 4 nitrogen and oxygen atoms in total. The molecule has 1 aliphatic rings. The number of rotatable bonds is 3. The molecule has 0 aliphatic carbocycles. The minimum absolute atomic E-state index is 0. The number of hydrogen-bond acceptors (Lipinski definition) is 4. The van der Waals surface area contributed by atoms with Crippen molar-refractivity contribution in [3.8, 4) is 11.8 Å². The second kappa shape index (κ2) is 9.43. The molecule has 0 aromatic heterocycles. The van der Waals surface area contributed by atoms with E-state index in [1.165, 1.54) is 0 Å². The van der Waals surface area contributed by atoms with Gasteiger partial charge < -0.3 is 10.4 Å². The van der Waals surface area contributed by atoms with Gasteiger partial charge in [-0.2, -0.15) is 5.26 Å². The summed E-state index contributed by atoms with van der Waals surface area (Å²) >= 11 is 3.33. The summed E-state index contributed by atoms with van der Waals surface area (Å²) in [5.74, 6) is 0.247. The average molecular weight is 383 g/mol. The van der Waals surface area contributed by atoms with Crippen molar-refractivity contribution in [2.75, 3.05) is 26.2 Å². The molecule has 0 bridgehead atoms. The molecule has 112 valence electrons. The summed E-state index contributed by atoms with van der Waals surface area (Å²) in [5.41, 5.74) is 0.827. The summed E-state index contributed by atoms with van der Waals surface area (Å²) in [4.78, 5) is 2.25. The molecular formula is C13H18BrCl2N3O. The summed E-state index contributed by atoms with van der Waals surface area (Å²) in [5, 5.41) is 22.4. The molecular weight excluding hydrogens is 365 g/mol. The van der Waals surface area contributed by atoms with E-state index in [1.807, 2.05) is 12.1 Å². The number of para-hydroxylation sites is 1. The van der Waals surface area contributed by atoms with Crippen molar-refractivity contribution in [3.05, 3.63) is 28.2 Å². The number of phenols is 1. The lowest BCUT2D eigenvalue weighted by atomic mass is 10.0. The normalized spacial score (nSPS) is 16.4. The second-order valence-corrected chi connectivity index (χ2v) is 5.20. The van der Waals surface area contributed by atoms with Crippen molar-refractivity contribution in [1.29, 1.82) is 5.26 Å². The lowest BCUT2D eigenvalue weighted by molar-refractivity contribution is 0.173. The van der Waals surface area contributed by atoms with Crippen LogP contribution in [0.5, 0.6) is 5.75 Å². The van der Waals surface area contributed by atoms with Crippen LogP contribution in [0.4, 0.5) is 0 Å². The van der Waals surface area contributed by atoms with Crippen LogP contribution in [-0.2, 0) is 0 Å². The fourth-order valence-electron chi connectivity index (χ4n) is 2.32. The Morgan fingerprint density at radius 1 is 1.35 bits per heavy atom. The first kappa shape index (κ1) is 19.5. The van der Waals surface area contributed by atoms with E-state index in [4.69, 9.17) is 5.26 Å². The van der Waals surface area contributed by atoms with Gasteiger partial charge in [0.25, 0.3) is 0 Å². The Hall–Kier alpha value is -0.510. The number of halogens is 3. The number of hydrogen-bond donors (Lipinski definition) is 2. The smallest absolute Gasteiger partial charge is 0.134 e. The van der Waals surface area contributed by atoms with E-state index >= 15 is 0 Å². The monoisotopic (exact) mass is 381 g/mol. The van der Waals surface area contributed by atoms with Crippen LogP contribution in [-0.4, -0.2) is 36.2 Å². The highest BCUT2D eigenvalue weighted by atomic mass is 79.9. The molecule has 0 saturated carbocycles. The molecule has 2 N–H and O–H groups in total. The molecule has 2 rings (SSSR count). The van der Waals surface area contributed by atoms with E-state index in [9.17, 15) is 5.11 Å². The molecule has 0 spiro atoms. The molecule has 7 heteroatoms. The van der Waals surface area contributed by atoms with Crippen LogP contribution in [0.1, 0.15) is 18.0 Å². The van der Waals surface area contributed by atoms with Crippen LogP contribution in [0, 0.1) is 11.3 Å². The maximum atomic E-state index is 10.1. The van der Waals surface area contributed by atoms with Crippen LogP contribution in [0.25, 0.3) is 0 Å². The SMILES string of the molecule is Cl.Cl.N#CC[C@H](c1cccc(Br)c1O)N1CCNCC1. The Balaban J connectivity index is 0.00000180. The Morgan fingerprint density at radius 3 is 2.60 bits per heavy atom. The van der Waals surface area contributed by atoms with Gasteiger partial charge in [-0.25, -0.2) is 0 Å². The maximum Gasteiger partial charge on any atom is 0.134 e. The number of nitriles is 1. The topological polar surface area (TPSA) is 59.3 Å². The summed E-state index contributed by atoms with van der Waals surface area (Å²) in [6.07, 6.45) is 0.393. The number of nitrogens with zero attached hydrogens (tertiary/aromatic N) is 2. The van der Waals surface area contributed by atoms with Crippen molar-refractivity contribution in [1.82, 2.24) is 10.2 Å². The predicted octanol–water partition coefficient (Wildman–Crippen LogP) is 2.86. The van der Waals surface area contributed by atoms with E-state index < -0.39 is 0 Å². The van der Waals surface area contributed by atoms with E-state index in [0.29, 0.717) is 10.9 Å². The van der Waals surface area contributed by atoms with Crippen LogP contribution in [0.2, 0.25) is 0 Å². The summed E-state index contributed by atoms with van der Waals surface area (Å²) in [7, 11) is 0. The standard InChI is InChI=1S/C13H16BrN3O.2ClH/c14-11-3-1-2-10(13(11)18)12(4-5-15)17-8-6-16-7-9-17;;/h1-3,12,16,18H,4,6-9H2;2*1H/t12-;;/m1../s1. The van der Waals surface area contributed by atoms with Crippen molar-refractivity contribution in [3.63, 3.8) is 0 Å². The highest BCUT2D eigenvalue weighted by molar-refractivity contribution is 9.10. The summed E-state index contributed by atoms with van der Waals surface area (Å²) < 4.78 is 0.679. The van der Waals surface area contributed by atoms with Gasteiger partial charge in [0.1, 0.15) is 5.75 Å². The van der Waals surface area contributed by atoms with Crippen molar-refractivity contribution >= 4 is 40.7 Å². The lowest BCUT2D eigenvalue weighted by Gasteiger charge is -2.34. The highest BCUT2D eigenvalue weighted by Crippen LogP contribution is 2.35. The van der Waals surface area contributed by atoms with Crippen molar-refractivity contribution < 1.29 is 5.11 Å².